The lowest BCUT2D eigenvalue weighted by molar-refractivity contribution is -0.639. The van der Waals surface area contributed by atoms with E-state index in [0.29, 0.717) is 35.1 Å². The van der Waals surface area contributed by atoms with Crippen molar-refractivity contribution >= 4 is 5.91 Å². The van der Waals surface area contributed by atoms with E-state index in [2.05, 4.69) is 4.90 Å². The maximum Gasteiger partial charge on any atom is 0.230 e. The highest BCUT2D eigenvalue weighted by molar-refractivity contribution is 5.92. The molecule has 0 spiro atoms. The minimum atomic E-state index is 0.0866. The first-order valence-electron chi connectivity index (χ1n) is 8.80. The van der Waals surface area contributed by atoms with Gasteiger partial charge in [0.15, 0.2) is 0 Å². The molecule has 8 rings (SSSR count). The summed E-state index contributed by atoms with van der Waals surface area (Å²) in [6.45, 7) is 1.62. The van der Waals surface area contributed by atoms with Crippen LogP contribution in [0.1, 0.15) is 18.4 Å². The highest BCUT2D eigenvalue weighted by Gasteiger charge is 3.11. The van der Waals surface area contributed by atoms with Gasteiger partial charge < -0.3 is 15.1 Å². The number of furan rings is 1. The van der Waals surface area contributed by atoms with Crippen LogP contribution >= 0.6 is 0 Å². The van der Waals surface area contributed by atoms with Crippen LogP contribution in [0.3, 0.4) is 0 Å². The van der Waals surface area contributed by atoms with Crippen LogP contribution in [0, 0.1) is 46.3 Å². The number of amides is 1. The Morgan fingerprint density at radius 2 is 1.91 bits per heavy atom. The molecule has 1 aromatic rings. The quantitative estimate of drug-likeness (QED) is 0.895. The molecule has 22 heavy (non-hydrogen) atoms. The van der Waals surface area contributed by atoms with E-state index in [9.17, 15) is 4.79 Å². The molecule has 0 bridgehead atoms. The molecule has 1 heterocycles. The first-order chi connectivity index (χ1) is 10.8. The van der Waals surface area contributed by atoms with E-state index in [1.54, 1.807) is 12.5 Å². The van der Waals surface area contributed by atoms with E-state index < -0.39 is 0 Å². The fourth-order valence-corrected chi connectivity index (χ4v) is 8.17. The maximum absolute atomic E-state index is 13.4. The summed E-state index contributed by atoms with van der Waals surface area (Å²) >= 11 is 0. The molecule has 7 aliphatic rings. The Hall–Kier alpha value is -1.29. The molecule has 0 radical (unpaired) electrons. The second-order valence-electron chi connectivity index (χ2n) is 8.70. The van der Waals surface area contributed by atoms with Crippen LogP contribution in [-0.2, 0) is 11.3 Å². The number of nitrogens with two attached hydrogens (primary N) is 1. The minimum absolute atomic E-state index is 0.0866. The average molecular weight is 296 g/mol. The smallest absolute Gasteiger partial charge is 0.230 e. The van der Waals surface area contributed by atoms with E-state index >= 15 is 0 Å². The molecular formula is C18H20N2O2. The van der Waals surface area contributed by atoms with Crippen LogP contribution in [0.4, 0.5) is 0 Å². The summed E-state index contributed by atoms with van der Waals surface area (Å²) < 4.78 is 5.19. The number of carbonyl (C=O) groups excluding carboxylic acids is 1. The van der Waals surface area contributed by atoms with Crippen LogP contribution in [-0.4, -0.2) is 23.4 Å². The Morgan fingerprint density at radius 3 is 2.41 bits per heavy atom. The summed E-state index contributed by atoms with van der Waals surface area (Å²) in [5, 5.41) is 0. The third kappa shape index (κ3) is 0.729. The van der Waals surface area contributed by atoms with Crippen molar-refractivity contribution in [3.63, 3.8) is 0 Å². The predicted molar refractivity (Wildman–Crippen MR) is 77.1 cm³/mol. The largest absolute Gasteiger partial charge is 0.472 e. The van der Waals surface area contributed by atoms with Gasteiger partial charge in [0.1, 0.15) is 0 Å². The van der Waals surface area contributed by atoms with Crippen LogP contribution in [0.15, 0.2) is 23.0 Å². The topological polar surface area (TPSA) is 59.5 Å². The average Bonchev–Trinajstić information content (AvgIpc) is 3.27. The van der Waals surface area contributed by atoms with Gasteiger partial charge in [-0.05, 0) is 66.4 Å². The van der Waals surface area contributed by atoms with Gasteiger partial charge in [-0.1, -0.05) is 0 Å². The zero-order valence-electron chi connectivity index (χ0n) is 12.4. The number of hydrogen-bond acceptors (Lipinski definition) is 3. The Balaban J connectivity index is 1.21. The molecule has 114 valence electrons. The van der Waals surface area contributed by atoms with Gasteiger partial charge in [-0.3, -0.25) is 4.79 Å². The van der Waals surface area contributed by atoms with Crippen molar-refractivity contribution in [1.29, 1.82) is 0 Å². The maximum atomic E-state index is 13.4. The van der Waals surface area contributed by atoms with Crippen molar-refractivity contribution in [3.05, 3.63) is 24.2 Å². The Kier molecular flexibility index (Phi) is 1.49. The highest BCUT2D eigenvalue weighted by atomic mass is 16.3. The van der Waals surface area contributed by atoms with Crippen molar-refractivity contribution in [1.82, 2.24) is 4.90 Å². The number of rotatable bonds is 5. The van der Waals surface area contributed by atoms with Gasteiger partial charge in [0, 0.05) is 18.2 Å². The summed E-state index contributed by atoms with van der Waals surface area (Å²) in [5.41, 5.74) is 7.79. The Bertz CT molecular complexity index is 666. The second kappa shape index (κ2) is 2.91. The van der Waals surface area contributed by atoms with Crippen LogP contribution in [0.5, 0.6) is 0 Å². The van der Waals surface area contributed by atoms with Crippen molar-refractivity contribution < 1.29 is 9.21 Å². The molecule has 7 saturated carbocycles. The zero-order valence-corrected chi connectivity index (χ0v) is 12.4. The van der Waals surface area contributed by atoms with Crippen molar-refractivity contribution in [3.8, 4) is 0 Å². The van der Waals surface area contributed by atoms with Gasteiger partial charge >= 0.3 is 0 Å². The van der Waals surface area contributed by atoms with Gasteiger partial charge in [0.05, 0.1) is 17.9 Å². The third-order valence-electron chi connectivity index (χ3n) is 8.74. The molecule has 0 saturated heterocycles. The SMILES string of the molecule is NCC12C3C4C1C1C2C3C41C(=O)N(Cc1ccoc1)C1CC1. The Labute approximate surface area is 129 Å². The lowest BCUT2D eigenvalue weighted by Gasteiger charge is -3.11. The molecule has 1 amide bonds. The molecule has 0 aliphatic heterocycles. The fourth-order valence-electron chi connectivity index (χ4n) is 8.17. The van der Waals surface area contributed by atoms with E-state index in [1.165, 1.54) is 12.8 Å². The van der Waals surface area contributed by atoms with Crippen LogP contribution in [0.25, 0.3) is 0 Å². The number of nitrogens with zero attached hydrogens (tertiary/aromatic N) is 1. The summed E-state index contributed by atoms with van der Waals surface area (Å²) in [7, 11) is 0. The molecule has 1 aromatic heterocycles. The molecule has 0 atom stereocenters. The van der Waals surface area contributed by atoms with Crippen LogP contribution in [0.2, 0.25) is 0 Å². The van der Waals surface area contributed by atoms with Crippen molar-refractivity contribution in [2.75, 3.05) is 6.54 Å². The third-order valence-corrected chi connectivity index (χ3v) is 8.74. The summed E-state index contributed by atoms with van der Waals surface area (Å²) in [4.78, 5) is 15.6. The van der Waals surface area contributed by atoms with E-state index in [1.807, 2.05) is 6.07 Å². The lowest BCUT2D eigenvalue weighted by Crippen LogP contribution is -3.12. The molecule has 4 heteroatoms. The fraction of sp³-hybridized carbons (Fsp3) is 0.722. The summed E-state index contributed by atoms with van der Waals surface area (Å²) in [6.07, 6.45) is 5.86. The first kappa shape index (κ1) is 11.3. The molecule has 2 N–H and O–H groups in total. The Morgan fingerprint density at radius 1 is 1.23 bits per heavy atom. The highest BCUT2D eigenvalue weighted by Crippen LogP contribution is 3.10. The number of carbonyl (C=O) groups is 1. The monoisotopic (exact) mass is 296 g/mol. The van der Waals surface area contributed by atoms with Gasteiger partial charge in [-0.15, -0.1) is 0 Å². The molecule has 7 aliphatic carbocycles. The zero-order chi connectivity index (χ0) is 14.4. The summed E-state index contributed by atoms with van der Waals surface area (Å²) in [6, 6.07) is 2.48. The molecular weight excluding hydrogens is 276 g/mol. The van der Waals surface area contributed by atoms with Crippen LogP contribution < -0.4 is 5.73 Å². The number of hydrogen-bond donors (Lipinski definition) is 1. The normalized spacial score (nSPS) is 56.8. The van der Waals surface area contributed by atoms with E-state index in [0.717, 1.165) is 36.4 Å². The van der Waals surface area contributed by atoms with Gasteiger partial charge in [-0.2, -0.15) is 0 Å². The van der Waals surface area contributed by atoms with Gasteiger partial charge in [-0.25, -0.2) is 0 Å². The summed E-state index contributed by atoms with van der Waals surface area (Å²) in [5.74, 6) is 5.13. The standard InChI is InChI=1S/C18H20N2O2/c19-7-17-10-13-11(17)15-12(17)14(10)18(13,15)16(21)20(9-1-2-9)5-8-3-4-22-6-8/h3-4,6,9-15H,1-2,5,7,19H2. The van der Waals surface area contributed by atoms with Gasteiger partial charge in [0.2, 0.25) is 5.91 Å². The molecule has 7 fully saturated rings. The van der Waals surface area contributed by atoms with E-state index in [4.69, 9.17) is 10.2 Å². The minimum Gasteiger partial charge on any atom is -0.472 e. The molecule has 0 unspecified atom stereocenters. The second-order valence-corrected chi connectivity index (χ2v) is 8.70. The molecule has 0 aromatic carbocycles. The van der Waals surface area contributed by atoms with E-state index in [-0.39, 0.29) is 5.41 Å². The van der Waals surface area contributed by atoms with Crippen molar-refractivity contribution in [2.45, 2.75) is 25.4 Å². The lowest BCUT2D eigenvalue weighted by atomic mass is 8.92. The first-order valence-corrected chi connectivity index (χ1v) is 8.80. The predicted octanol–water partition coefficient (Wildman–Crippen LogP) is 1.47. The van der Waals surface area contributed by atoms with Crippen molar-refractivity contribution in [2.24, 2.45) is 52.1 Å². The molecule has 4 nitrogen and oxygen atoms in total. The van der Waals surface area contributed by atoms with Gasteiger partial charge in [0.25, 0.3) is 0 Å².